The minimum Gasteiger partial charge on any atom is -0.489 e. The molecule has 0 spiro atoms. The van der Waals surface area contributed by atoms with Gasteiger partial charge in [-0.1, -0.05) is 35.5 Å². The molecule has 1 fully saturated rings. The Morgan fingerprint density at radius 1 is 1.00 bits per heavy atom. The van der Waals surface area contributed by atoms with Crippen molar-refractivity contribution in [2.24, 2.45) is 5.73 Å². The molecule has 0 aliphatic carbocycles. The van der Waals surface area contributed by atoms with Crippen molar-refractivity contribution >= 4 is 0 Å². The average molecular weight is 365 g/mol. The highest BCUT2D eigenvalue weighted by molar-refractivity contribution is 5.55. The molecule has 3 aromatic rings. The molecule has 1 saturated heterocycles. The van der Waals surface area contributed by atoms with E-state index in [0.29, 0.717) is 38.1 Å². The molecule has 6 heteroatoms. The molecule has 1 aliphatic rings. The summed E-state index contributed by atoms with van der Waals surface area (Å²) in [6, 6.07) is 17.8. The SMILES string of the molecule is NCC1(c2nc(-c3ccc(OCc4ccccc4)cc3)no2)CCOCC1. The maximum absolute atomic E-state index is 6.02. The Bertz CT molecular complexity index is 856. The number of rotatable bonds is 6. The van der Waals surface area contributed by atoms with Gasteiger partial charge >= 0.3 is 0 Å². The van der Waals surface area contributed by atoms with Gasteiger partial charge in [0.05, 0.1) is 5.41 Å². The number of hydrogen-bond acceptors (Lipinski definition) is 6. The van der Waals surface area contributed by atoms with Crippen molar-refractivity contribution in [2.45, 2.75) is 24.9 Å². The van der Waals surface area contributed by atoms with Gasteiger partial charge in [-0.2, -0.15) is 4.98 Å². The van der Waals surface area contributed by atoms with Gasteiger partial charge in [0.1, 0.15) is 12.4 Å². The van der Waals surface area contributed by atoms with Crippen LogP contribution in [0.15, 0.2) is 59.1 Å². The Morgan fingerprint density at radius 3 is 2.44 bits per heavy atom. The molecular formula is C21H23N3O3. The second-order valence-electron chi connectivity index (χ2n) is 6.82. The number of benzene rings is 2. The van der Waals surface area contributed by atoms with Gasteiger partial charge < -0.3 is 19.7 Å². The van der Waals surface area contributed by atoms with Gasteiger partial charge in [0, 0.05) is 25.3 Å². The number of aromatic nitrogens is 2. The van der Waals surface area contributed by atoms with Gasteiger partial charge in [-0.3, -0.25) is 0 Å². The van der Waals surface area contributed by atoms with Crippen LogP contribution in [0.2, 0.25) is 0 Å². The van der Waals surface area contributed by atoms with Gasteiger partial charge in [-0.25, -0.2) is 0 Å². The first-order valence-corrected chi connectivity index (χ1v) is 9.18. The Balaban J connectivity index is 1.45. The van der Waals surface area contributed by atoms with E-state index in [4.69, 9.17) is 19.7 Å². The Labute approximate surface area is 158 Å². The fraction of sp³-hybridized carbons (Fsp3) is 0.333. The number of nitrogens with two attached hydrogens (primary N) is 1. The van der Waals surface area contributed by atoms with Crippen LogP contribution >= 0.6 is 0 Å². The van der Waals surface area contributed by atoms with E-state index in [-0.39, 0.29) is 5.41 Å². The summed E-state index contributed by atoms with van der Waals surface area (Å²) in [5, 5.41) is 4.15. The number of ether oxygens (including phenoxy) is 2. The lowest BCUT2D eigenvalue weighted by molar-refractivity contribution is 0.0409. The maximum atomic E-state index is 6.02. The molecule has 0 radical (unpaired) electrons. The number of hydrogen-bond donors (Lipinski definition) is 1. The Morgan fingerprint density at radius 2 is 1.74 bits per heavy atom. The third-order valence-electron chi connectivity index (χ3n) is 5.08. The minimum absolute atomic E-state index is 0.276. The van der Waals surface area contributed by atoms with Crippen molar-refractivity contribution in [1.82, 2.24) is 10.1 Å². The molecule has 2 aromatic carbocycles. The van der Waals surface area contributed by atoms with Crippen molar-refractivity contribution in [3.05, 3.63) is 66.1 Å². The molecule has 1 aliphatic heterocycles. The van der Waals surface area contributed by atoms with Crippen molar-refractivity contribution < 1.29 is 14.0 Å². The molecule has 0 unspecified atom stereocenters. The average Bonchev–Trinajstić information content (AvgIpc) is 3.25. The molecule has 0 amide bonds. The predicted octanol–water partition coefficient (Wildman–Crippen LogP) is 3.32. The zero-order valence-corrected chi connectivity index (χ0v) is 15.1. The summed E-state index contributed by atoms with van der Waals surface area (Å²) in [6.45, 7) is 2.35. The van der Waals surface area contributed by atoms with Gasteiger partial charge in [0.2, 0.25) is 11.7 Å². The highest BCUT2D eigenvalue weighted by Gasteiger charge is 2.38. The summed E-state index contributed by atoms with van der Waals surface area (Å²) < 4.78 is 16.8. The molecule has 6 nitrogen and oxygen atoms in total. The monoisotopic (exact) mass is 365 g/mol. The van der Waals surface area contributed by atoms with Crippen LogP contribution in [-0.4, -0.2) is 29.9 Å². The third kappa shape index (κ3) is 3.86. The van der Waals surface area contributed by atoms with E-state index in [9.17, 15) is 0 Å². The topological polar surface area (TPSA) is 83.4 Å². The standard InChI is InChI=1S/C21H23N3O3/c22-15-21(10-12-25-13-11-21)20-23-19(24-27-20)17-6-8-18(9-7-17)26-14-16-4-2-1-3-5-16/h1-9H,10-15,22H2. The quantitative estimate of drug-likeness (QED) is 0.721. The fourth-order valence-corrected chi connectivity index (χ4v) is 3.26. The van der Waals surface area contributed by atoms with E-state index in [1.807, 2.05) is 54.6 Å². The maximum Gasteiger partial charge on any atom is 0.234 e. The van der Waals surface area contributed by atoms with Crippen molar-refractivity contribution in [3.63, 3.8) is 0 Å². The largest absolute Gasteiger partial charge is 0.489 e. The van der Waals surface area contributed by atoms with Crippen LogP contribution in [0.5, 0.6) is 5.75 Å². The summed E-state index contributed by atoms with van der Waals surface area (Å²) in [5.74, 6) is 1.97. The van der Waals surface area contributed by atoms with E-state index in [1.54, 1.807) is 0 Å². The lowest BCUT2D eigenvalue weighted by Gasteiger charge is -2.32. The van der Waals surface area contributed by atoms with Gasteiger partial charge in [-0.15, -0.1) is 0 Å². The Kier molecular flexibility index (Phi) is 5.18. The Hall–Kier alpha value is -2.70. The molecule has 27 heavy (non-hydrogen) atoms. The predicted molar refractivity (Wildman–Crippen MR) is 101 cm³/mol. The normalized spacial score (nSPS) is 16.2. The lowest BCUT2D eigenvalue weighted by Crippen LogP contribution is -2.40. The first-order chi connectivity index (χ1) is 13.3. The van der Waals surface area contributed by atoms with Gasteiger partial charge in [0.25, 0.3) is 0 Å². The fourth-order valence-electron chi connectivity index (χ4n) is 3.26. The molecular weight excluding hydrogens is 342 g/mol. The summed E-state index contributed by atoms with van der Waals surface area (Å²) >= 11 is 0. The number of nitrogens with zero attached hydrogens (tertiary/aromatic N) is 2. The van der Waals surface area contributed by atoms with Crippen LogP contribution in [0, 0.1) is 0 Å². The first-order valence-electron chi connectivity index (χ1n) is 9.18. The van der Waals surface area contributed by atoms with Crippen molar-refractivity contribution in [3.8, 4) is 17.1 Å². The second kappa shape index (κ2) is 7.90. The molecule has 4 rings (SSSR count). The summed E-state index contributed by atoms with van der Waals surface area (Å²) in [4.78, 5) is 4.62. The van der Waals surface area contributed by atoms with E-state index in [2.05, 4.69) is 10.1 Å². The summed E-state index contributed by atoms with van der Waals surface area (Å²) in [7, 11) is 0. The zero-order chi connectivity index (χ0) is 18.5. The molecule has 2 heterocycles. The van der Waals surface area contributed by atoms with Crippen LogP contribution in [0.25, 0.3) is 11.4 Å². The van der Waals surface area contributed by atoms with Crippen LogP contribution in [-0.2, 0) is 16.8 Å². The first kappa shape index (κ1) is 17.7. The molecule has 0 atom stereocenters. The molecule has 0 bridgehead atoms. The van der Waals surface area contributed by atoms with Crippen LogP contribution in [0.3, 0.4) is 0 Å². The third-order valence-corrected chi connectivity index (χ3v) is 5.08. The van der Waals surface area contributed by atoms with Crippen LogP contribution < -0.4 is 10.5 Å². The van der Waals surface area contributed by atoms with E-state index in [0.717, 1.165) is 29.7 Å². The van der Waals surface area contributed by atoms with E-state index in [1.165, 1.54) is 0 Å². The molecule has 1 aromatic heterocycles. The van der Waals surface area contributed by atoms with Gasteiger partial charge in [-0.05, 0) is 42.7 Å². The highest BCUT2D eigenvalue weighted by atomic mass is 16.5. The second-order valence-corrected chi connectivity index (χ2v) is 6.82. The van der Waals surface area contributed by atoms with E-state index < -0.39 is 0 Å². The van der Waals surface area contributed by atoms with Gasteiger partial charge in [0.15, 0.2) is 0 Å². The summed E-state index contributed by atoms with van der Waals surface area (Å²) in [6.07, 6.45) is 1.61. The smallest absolute Gasteiger partial charge is 0.234 e. The zero-order valence-electron chi connectivity index (χ0n) is 15.1. The molecule has 0 saturated carbocycles. The van der Waals surface area contributed by atoms with E-state index >= 15 is 0 Å². The van der Waals surface area contributed by atoms with Crippen LogP contribution in [0.4, 0.5) is 0 Å². The highest BCUT2D eigenvalue weighted by Crippen LogP contribution is 2.34. The molecule has 140 valence electrons. The summed E-state index contributed by atoms with van der Waals surface area (Å²) in [5.41, 5.74) is 7.76. The van der Waals surface area contributed by atoms with Crippen LogP contribution in [0.1, 0.15) is 24.3 Å². The lowest BCUT2D eigenvalue weighted by atomic mass is 9.80. The molecule has 2 N–H and O–H groups in total. The van der Waals surface area contributed by atoms with Crippen molar-refractivity contribution in [2.75, 3.05) is 19.8 Å². The minimum atomic E-state index is -0.276. The van der Waals surface area contributed by atoms with Crippen molar-refractivity contribution in [1.29, 1.82) is 0 Å².